The highest BCUT2D eigenvalue weighted by Gasteiger charge is 2.18. The molecule has 1 N–H and O–H groups in total. The number of aromatic nitrogens is 3. The summed E-state index contributed by atoms with van der Waals surface area (Å²) in [5.74, 6) is 1.96. The monoisotopic (exact) mass is 276 g/mol. The van der Waals surface area contributed by atoms with Gasteiger partial charge < -0.3 is 9.88 Å². The van der Waals surface area contributed by atoms with Gasteiger partial charge in [-0.05, 0) is 26.2 Å². The molecule has 0 fully saturated rings. The number of hydrogen-bond acceptors (Lipinski definition) is 4. The Morgan fingerprint density at radius 2 is 2.37 bits per heavy atom. The van der Waals surface area contributed by atoms with Gasteiger partial charge in [-0.1, -0.05) is 0 Å². The first-order chi connectivity index (χ1) is 9.22. The highest BCUT2D eigenvalue weighted by molar-refractivity contribution is 7.11. The Kier molecular flexibility index (Phi) is 3.66. The van der Waals surface area contributed by atoms with Crippen molar-refractivity contribution in [2.45, 2.75) is 39.8 Å². The number of nitrogens with one attached hydrogen (secondary N) is 1. The van der Waals surface area contributed by atoms with Crippen LogP contribution < -0.4 is 5.32 Å². The van der Waals surface area contributed by atoms with E-state index in [-0.39, 0.29) is 0 Å². The summed E-state index contributed by atoms with van der Waals surface area (Å²) in [5.41, 5.74) is 1.18. The van der Waals surface area contributed by atoms with Crippen LogP contribution in [0.1, 0.15) is 27.8 Å². The van der Waals surface area contributed by atoms with Crippen molar-refractivity contribution in [3.63, 3.8) is 0 Å². The van der Waals surface area contributed by atoms with E-state index in [9.17, 15) is 0 Å². The fraction of sp³-hybridized carbons (Fsp3) is 0.571. The molecule has 0 bridgehead atoms. The van der Waals surface area contributed by atoms with E-state index in [2.05, 4.69) is 39.9 Å². The summed E-state index contributed by atoms with van der Waals surface area (Å²) in [4.78, 5) is 10.2. The second kappa shape index (κ2) is 5.43. The van der Waals surface area contributed by atoms with Crippen LogP contribution in [0.2, 0.25) is 0 Å². The third-order valence-electron chi connectivity index (χ3n) is 3.75. The van der Waals surface area contributed by atoms with Gasteiger partial charge in [0.2, 0.25) is 0 Å². The number of thiazole rings is 1. The first-order valence-corrected chi connectivity index (χ1v) is 7.67. The summed E-state index contributed by atoms with van der Waals surface area (Å²) < 4.78 is 2.29. The molecule has 0 aliphatic carbocycles. The Labute approximate surface area is 117 Å². The number of rotatable bonds is 4. The topological polar surface area (TPSA) is 42.7 Å². The Bertz CT molecular complexity index is 558. The molecule has 2 aromatic heterocycles. The van der Waals surface area contributed by atoms with Gasteiger partial charge in [0.1, 0.15) is 5.82 Å². The van der Waals surface area contributed by atoms with Crippen LogP contribution in [0.3, 0.4) is 0 Å². The largest absolute Gasteiger partial charge is 0.335 e. The highest BCUT2D eigenvalue weighted by atomic mass is 32.1. The van der Waals surface area contributed by atoms with Crippen molar-refractivity contribution < 1.29 is 0 Å². The van der Waals surface area contributed by atoms with Crippen LogP contribution in [0.15, 0.2) is 12.4 Å². The molecule has 0 amide bonds. The molecule has 4 nitrogen and oxygen atoms in total. The van der Waals surface area contributed by atoms with Crippen LogP contribution in [-0.2, 0) is 19.5 Å². The molecule has 0 unspecified atom stereocenters. The van der Waals surface area contributed by atoms with E-state index >= 15 is 0 Å². The average molecular weight is 276 g/mol. The summed E-state index contributed by atoms with van der Waals surface area (Å²) in [6, 6.07) is 0. The normalized spacial score (nSPS) is 18.5. The number of nitrogens with zero attached hydrogens (tertiary/aromatic N) is 3. The van der Waals surface area contributed by atoms with E-state index in [0.717, 1.165) is 37.0 Å². The zero-order chi connectivity index (χ0) is 13.2. The summed E-state index contributed by atoms with van der Waals surface area (Å²) in [6.07, 6.45) is 6.36. The van der Waals surface area contributed by atoms with Gasteiger partial charge >= 0.3 is 0 Å². The molecule has 19 heavy (non-hydrogen) atoms. The molecule has 3 rings (SSSR count). The van der Waals surface area contributed by atoms with Gasteiger partial charge in [0.05, 0.1) is 10.7 Å². The van der Waals surface area contributed by atoms with E-state index in [1.165, 1.54) is 22.8 Å². The molecule has 0 spiro atoms. The average Bonchev–Trinajstić information content (AvgIpc) is 2.96. The molecule has 102 valence electrons. The molecular formula is C14H20N4S. The number of imidazole rings is 1. The van der Waals surface area contributed by atoms with E-state index in [4.69, 9.17) is 0 Å². The van der Waals surface area contributed by atoms with Crippen LogP contribution in [0, 0.1) is 19.8 Å². The minimum Gasteiger partial charge on any atom is -0.335 e. The summed E-state index contributed by atoms with van der Waals surface area (Å²) in [6.45, 7) is 7.30. The van der Waals surface area contributed by atoms with E-state index < -0.39 is 0 Å². The fourth-order valence-electron chi connectivity index (χ4n) is 2.73. The predicted molar refractivity (Wildman–Crippen MR) is 77.3 cm³/mol. The third-order valence-corrected chi connectivity index (χ3v) is 4.82. The van der Waals surface area contributed by atoms with Crippen molar-refractivity contribution >= 4 is 11.3 Å². The minimum atomic E-state index is 0.719. The molecule has 5 heteroatoms. The highest BCUT2D eigenvalue weighted by Crippen LogP contribution is 2.19. The minimum absolute atomic E-state index is 0.719. The molecule has 0 saturated heterocycles. The molecule has 1 aliphatic heterocycles. The maximum Gasteiger partial charge on any atom is 0.108 e. The van der Waals surface area contributed by atoms with E-state index in [1.807, 2.05) is 6.20 Å². The molecule has 0 aromatic carbocycles. The van der Waals surface area contributed by atoms with E-state index in [1.54, 1.807) is 11.3 Å². The van der Waals surface area contributed by atoms with Gasteiger partial charge in [-0.25, -0.2) is 9.97 Å². The molecule has 0 saturated carbocycles. The number of fused-ring (bicyclic) bond motifs is 1. The zero-order valence-corrected chi connectivity index (χ0v) is 12.3. The lowest BCUT2D eigenvalue weighted by atomic mass is 9.99. The van der Waals surface area contributed by atoms with Crippen molar-refractivity contribution in [1.82, 2.24) is 19.9 Å². The Hall–Kier alpha value is -1.20. The maximum absolute atomic E-state index is 4.47. The van der Waals surface area contributed by atoms with Crippen molar-refractivity contribution in [2.75, 3.05) is 6.54 Å². The standard InChI is InChI=1S/C14H20N4S/c1-10-13(19-11(2)17-10)8-15-7-12-3-4-14-16-5-6-18(14)9-12/h5-6,12,15H,3-4,7-9H2,1-2H3/t12-/m0/s1. The molecule has 1 aliphatic rings. The van der Waals surface area contributed by atoms with Crippen LogP contribution in [0.4, 0.5) is 0 Å². The van der Waals surface area contributed by atoms with Gasteiger partial charge in [0.15, 0.2) is 0 Å². The van der Waals surface area contributed by atoms with Crippen LogP contribution in [0.5, 0.6) is 0 Å². The Morgan fingerprint density at radius 3 is 3.16 bits per heavy atom. The molecular weight excluding hydrogens is 256 g/mol. The Balaban J connectivity index is 1.50. The molecule has 2 aromatic rings. The second-order valence-corrected chi connectivity index (χ2v) is 6.56. The second-order valence-electron chi connectivity index (χ2n) is 5.27. The van der Waals surface area contributed by atoms with Gasteiger partial charge in [0.25, 0.3) is 0 Å². The lowest BCUT2D eigenvalue weighted by Gasteiger charge is -2.23. The lowest BCUT2D eigenvalue weighted by molar-refractivity contribution is 0.348. The van der Waals surface area contributed by atoms with Crippen molar-refractivity contribution in [2.24, 2.45) is 5.92 Å². The summed E-state index contributed by atoms with van der Waals surface area (Å²) in [7, 11) is 0. The smallest absolute Gasteiger partial charge is 0.108 e. The first kappa shape index (κ1) is 12.8. The van der Waals surface area contributed by atoms with Gasteiger partial charge in [-0.15, -0.1) is 11.3 Å². The van der Waals surface area contributed by atoms with Gasteiger partial charge in [-0.3, -0.25) is 0 Å². The van der Waals surface area contributed by atoms with Gasteiger partial charge in [-0.2, -0.15) is 0 Å². The first-order valence-electron chi connectivity index (χ1n) is 6.86. The summed E-state index contributed by atoms with van der Waals surface area (Å²) >= 11 is 1.80. The van der Waals surface area contributed by atoms with Gasteiger partial charge in [0, 0.05) is 43.3 Å². The van der Waals surface area contributed by atoms with Crippen LogP contribution in [0.25, 0.3) is 0 Å². The molecule has 1 atom stereocenters. The zero-order valence-electron chi connectivity index (χ0n) is 11.5. The van der Waals surface area contributed by atoms with Crippen molar-refractivity contribution in [1.29, 1.82) is 0 Å². The SMILES string of the molecule is Cc1nc(C)c(CNC[C@@H]2CCc3nccn3C2)s1. The van der Waals surface area contributed by atoms with Crippen molar-refractivity contribution in [3.8, 4) is 0 Å². The lowest BCUT2D eigenvalue weighted by Crippen LogP contribution is -2.29. The number of hydrogen-bond donors (Lipinski definition) is 1. The molecule has 0 radical (unpaired) electrons. The molecule has 3 heterocycles. The van der Waals surface area contributed by atoms with E-state index in [0.29, 0.717) is 0 Å². The Morgan fingerprint density at radius 1 is 1.47 bits per heavy atom. The predicted octanol–water partition coefficient (Wildman–Crippen LogP) is 2.31. The van der Waals surface area contributed by atoms with Crippen LogP contribution >= 0.6 is 11.3 Å². The maximum atomic E-state index is 4.47. The fourth-order valence-corrected chi connectivity index (χ4v) is 3.64. The third kappa shape index (κ3) is 2.87. The van der Waals surface area contributed by atoms with Crippen LogP contribution in [-0.4, -0.2) is 21.1 Å². The van der Waals surface area contributed by atoms with Crippen molar-refractivity contribution in [3.05, 3.63) is 33.8 Å². The summed E-state index contributed by atoms with van der Waals surface area (Å²) in [5, 5.41) is 4.75. The number of aryl methyl sites for hydroxylation is 3. The quantitative estimate of drug-likeness (QED) is 0.932.